The average molecular weight is 364 g/mol. The maximum absolute atomic E-state index is 12.4. The van der Waals surface area contributed by atoms with Gasteiger partial charge in [-0.15, -0.1) is 0 Å². The van der Waals surface area contributed by atoms with Crippen LogP contribution in [-0.2, 0) is 21.1 Å². The molecule has 0 bridgehead atoms. The summed E-state index contributed by atoms with van der Waals surface area (Å²) in [5.41, 5.74) is 2.40. The van der Waals surface area contributed by atoms with Gasteiger partial charge < -0.3 is 5.32 Å². The summed E-state index contributed by atoms with van der Waals surface area (Å²) >= 11 is 3.40. The van der Waals surface area contributed by atoms with E-state index in [1.165, 1.54) is 4.57 Å². The van der Waals surface area contributed by atoms with E-state index in [2.05, 4.69) is 26.3 Å². The first-order valence-corrected chi connectivity index (χ1v) is 7.32. The molecule has 0 fully saturated rings. The van der Waals surface area contributed by atoms with Crippen LogP contribution >= 0.6 is 15.9 Å². The summed E-state index contributed by atoms with van der Waals surface area (Å²) in [6, 6.07) is 3.47. The highest BCUT2D eigenvalue weighted by atomic mass is 79.9. The quantitative estimate of drug-likeness (QED) is 0.751. The maximum atomic E-state index is 12.4. The van der Waals surface area contributed by atoms with Crippen LogP contribution in [0.25, 0.3) is 11.0 Å². The lowest BCUT2D eigenvalue weighted by molar-refractivity contribution is 0.102. The van der Waals surface area contributed by atoms with Gasteiger partial charge >= 0.3 is 5.69 Å². The molecule has 0 spiro atoms. The third-order valence-electron chi connectivity index (χ3n) is 3.57. The van der Waals surface area contributed by atoms with Crippen molar-refractivity contribution in [2.24, 2.45) is 21.1 Å². The van der Waals surface area contributed by atoms with E-state index in [-0.39, 0.29) is 11.6 Å². The zero-order chi connectivity index (χ0) is 16.0. The van der Waals surface area contributed by atoms with Gasteiger partial charge in [0.1, 0.15) is 0 Å². The Bertz CT molecular complexity index is 950. The first-order valence-electron chi connectivity index (χ1n) is 6.53. The van der Waals surface area contributed by atoms with Crippen LogP contribution in [0.2, 0.25) is 0 Å². The topological polar surface area (TPSA) is 73.8 Å². The summed E-state index contributed by atoms with van der Waals surface area (Å²) in [5.74, 6) is -0.266. The van der Waals surface area contributed by atoms with Gasteiger partial charge in [0.25, 0.3) is 5.91 Å². The average Bonchev–Trinajstić information content (AvgIpc) is 2.96. The van der Waals surface area contributed by atoms with E-state index in [0.717, 1.165) is 5.52 Å². The van der Waals surface area contributed by atoms with Crippen molar-refractivity contribution in [1.82, 2.24) is 18.9 Å². The fraction of sp³-hybridized carbons (Fsp3) is 0.214. The molecule has 0 aliphatic rings. The Kier molecular flexibility index (Phi) is 3.40. The predicted octanol–water partition coefficient (Wildman–Crippen LogP) is 1.63. The zero-order valence-electron chi connectivity index (χ0n) is 12.3. The van der Waals surface area contributed by atoms with Crippen molar-refractivity contribution in [1.29, 1.82) is 0 Å². The number of fused-ring (bicyclic) bond motifs is 1. The van der Waals surface area contributed by atoms with E-state index in [1.807, 2.05) is 0 Å². The lowest BCUT2D eigenvalue weighted by Gasteiger charge is -2.06. The monoisotopic (exact) mass is 363 g/mol. The van der Waals surface area contributed by atoms with Crippen molar-refractivity contribution in [3.05, 3.63) is 45.0 Å². The smallest absolute Gasteiger partial charge is 0.319 e. The molecule has 1 amide bonds. The minimum absolute atomic E-state index is 0.133. The number of amides is 1. The van der Waals surface area contributed by atoms with Crippen LogP contribution in [-0.4, -0.2) is 24.8 Å². The second-order valence-electron chi connectivity index (χ2n) is 5.08. The number of anilines is 1. The predicted molar refractivity (Wildman–Crippen MR) is 87.0 cm³/mol. The highest BCUT2D eigenvalue weighted by Crippen LogP contribution is 2.24. The van der Waals surface area contributed by atoms with Gasteiger partial charge in [-0.1, -0.05) is 0 Å². The Morgan fingerprint density at radius 1 is 1.18 bits per heavy atom. The van der Waals surface area contributed by atoms with Crippen LogP contribution in [0.5, 0.6) is 0 Å². The van der Waals surface area contributed by atoms with Crippen molar-refractivity contribution in [2.45, 2.75) is 0 Å². The molecule has 0 radical (unpaired) electrons. The Hall–Kier alpha value is -2.35. The van der Waals surface area contributed by atoms with Gasteiger partial charge in [-0.2, -0.15) is 5.10 Å². The molecule has 0 aliphatic carbocycles. The third kappa shape index (κ3) is 2.25. The number of hydrogen-bond acceptors (Lipinski definition) is 3. The number of carbonyl (C=O) groups is 1. The summed E-state index contributed by atoms with van der Waals surface area (Å²) in [5, 5.41) is 6.79. The Morgan fingerprint density at radius 2 is 1.82 bits per heavy atom. The minimum atomic E-state index is -0.266. The van der Waals surface area contributed by atoms with Crippen molar-refractivity contribution in [3.8, 4) is 0 Å². The van der Waals surface area contributed by atoms with Gasteiger partial charge in [0.15, 0.2) is 0 Å². The first-order chi connectivity index (χ1) is 10.4. The van der Waals surface area contributed by atoms with Gasteiger partial charge in [0.05, 0.1) is 28.5 Å². The Balaban J connectivity index is 2.07. The van der Waals surface area contributed by atoms with Gasteiger partial charge in [0.2, 0.25) is 0 Å². The highest BCUT2D eigenvalue weighted by Gasteiger charge is 2.16. The number of halogens is 1. The van der Waals surface area contributed by atoms with Crippen molar-refractivity contribution >= 4 is 38.6 Å². The molecule has 0 saturated carbocycles. The molecule has 0 saturated heterocycles. The SMILES string of the molecule is Cn1cc(NC(=O)c2cc3c(cc2Br)n(C)c(=O)n3C)cn1. The van der Waals surface area contributed by atoms with Crippen LogP contribution < -0.4 is 11.0 Å². The maximum Gasteiger partial charge on any atom is 0.328 e. The molecule has 22 heavy (non-hydrogen) atoms. The molecule has 7 nitrogen and oxygen atoms in total. The van der Waals surface area contributed by atoms with Gasteiger partial charge in [-0.3, -0.25) is 18.6 Å². The van der Waals surface area contributed by atoms with E-state index >= 15 is 0 Å². The van der Waals surface area contributed by atoms with Crippen molar-refractivity contribution in [3.63, 3.8) is 0 Å². The van der Waals surface area contributed by atoms with Crippen LogP contribution in [0.3, 0.4) is 0 Å². The van der Waals surface area contributed by atoms with E-state index in [4.69, 9.17) is 0 Å². The zero-order valence-corrected chi connectivity index (χ0v) is 13.9. The Labute approximate surface area is 134 Å². The van der Waals surface area contributed by atoms with E-state index in [9.17, 15) is 9.59 Å². The third-order valence-corrected chi connectivity index (χ3v) is 4.22. The fourth-order valence-electron chi connectivity index (χ4n) is 2.38. The van der Waals surface area contributed by atoms with Crippen LogP contribution in [0.1, 0.15) is 10.4 Å². The number of rotatable bonds is 2. The molecule has 0 atom stereocenters. The molecule has 2 heterocycles. The molecule has 0 aliphatic heterocycles. The number of carbonyl (C=O) groups excluding carboxylic acids is 1. The fourth-order valence-corrected chi connectivity index (χ4v) is 2.89. The number of aryl methyl sites for hydroxylation is 3. The van der Waals surface area contributed by atoms with E-state index in [0.29, 0.717) is 21.2 Å². The number of benzene rings is 1. The van der Waals surface area contributed by atoms with Crippen LogP contribution in [0.4, 0.5) is 5.69 Å². The second kappa shape index (κ2) is 5.13. The molecule has 114 valence electrons. The number of nitrogens with one attached hydrogen (secondary N) is 1. The van der Waals surface area contributed by atoms with Gasteiger partial charge in [-0.25, -0.2) is 4.79 Å². The summed E-state index contributed by atoms with van der Waals surface area (Å²) in [6.45, 7) is 0. The lowest BCUT2D eigenvalue weighted by Crippen LogP contribution is -2.19. The van der Waals surface area contributed by atoms with Crippen LogP contribution in [0, 0.1) is 0 Å². The summed E-state index contributed by atoms with van der Waals surface area (Å²) in [4.78, 5) is 24.4. The first kappa shape index (κ1) is 14.6. The van der Waals surface area contributed by atoms with E-state index < -0.39 is 0 Å². The highest BCUT2D eigenvalue weighted by molar-refractivity contribution is 9.10. The summed E-state index contributed by atoms with van der Waals surface area (Å²) < 4.78 is 5.29. The summed E-state index contributed by atoms with van der Waals surface area (Å²) in [7, 11) is 5.16. The minimum Gasteiger partial charge on any atom is -0.319 e. The molecule has 1 aromatic carbocycles. The normalized spacial score (nSPS) is 11.1. The lowest BCUT2D eigenvalue weighted by atomic mass is 10.2. The van der Waals surface area contributed by atoms with Gasteiger partial charge in [-0.05, 0) is 28.1 Å². The number of imidazole rings is 1. The van der Waals surface area contributed by atoms with E-state index in [1.54, 1.807) is 54.9 Å². The van der Waals surface area contributed by atoms with Crippen LogP contribution in [0.15, 0.2) is 33.8 Å². The molecular formula is C14H14BrN5O2. The number of aromatic nitrogens is 4. The molecule has 2 aromatic heterocycles. The van der Waals surface area contributed by atoms with Crippen molar-refractivity contribution < 1.29 is 4.79 Å². The Morgan fingerprint density at radius 3 is 2.41 bits per heavy atom. The second-order valence-corrected chi connectivity index (χ2v) is 5.93. The molecule has 1 N–H and O–H groups in total. The molecule has 3 rings (SSSR count). The van der Waals surface area contributed by atoms with Gasteiger partial charge in [0, 0.05) is 31.8 Å². The number of hydrogen-bond donors (Lipinski definition) is 1. The van der Waals surface area contributed by atoms with Crippen molar-refractivity contribution in [2.75, 3.05) is 5.32 Å². The standard InChI is InChI=1S/C14H14BrN5O2/c1-18-7-8(6-16-18)17-13(21)9-4-11-12(5-10(9)15)20(3)14(22)19(11)2/h4-7H,1-3H3,(H,17,21). The molecular weight excluding hydrogens is 350 g/mol. The number of nitrogens with zero attached hydrogens (tertiary/aromatic N) is 4. The molecule has 0 unspecified atom stereocenters. The largest absolute Gasteiger partial charge is 0.328 e. The molecule has 8 heteroatoms. The summed E-state index contributed by atoms with van der Waals surface area (Å²) in [6.07, 6.45) is 3.28. The molecule has 3 aromatic rings.